The second kappa shape index (κ2) is 7.05. The van der Waals surface area contributed by atoms with E-state index in [2.05, 4.69) is 29.3 Å². The van der Waals surface area contributed by atoms with Crippen molar-refractivity contribution in [2.24, 2.45) is 0 Å². The van der Waals surface area contributed by atoms with E-state index < -0.39 is 0 Å². The van der Waals surface area contributed by atoms with Crippen molar-refractivity contribution in [2.75, 3.05) is 27.3 Å². The van der Waals surface area contributed by atoms with Gasteiger partial charge < -0.3 is 10.1 Å². The minimum absolute atomic E-state index is 0.728. The third kappa shape index (κ3) is 4.64. The molecule has 80 valence electrons. The molecule has 2 heteroatoms. The number of benzene rings is 1. The van der Waals surface area contributed by atoms with Crippen molar-refractivity contribution in [3.63, 3.8) is 0 Å². The zero-order chi connectivity index (χ0) is 10.9. The van der Waals surface area contributed by atoms with Crippen molar-refractivity contribution in [3.8, 4) is 11.8 Å². The first kappa shape index (κ1) is 11.8. The average Bonchev–Trinajstić information content (AvgIpc) is 2.28. The number of ether oxygens (including phenoxy) is 1. The molecule has 0 unspecified atom stereocenters. The first-order chi connectivity index (χ1) is 7.36. The SMILES string of the molecule is CNCC#Cc1ccc(CCOC)cc1. The molecule has 0 bridgehead atoms. The molecule has 0 atom stereocenters. The second-order valence-electron chi connectivity index (χ2n) is 3.27. The molecule has 0 saturated carbocycles. The number of hydrogen-bond acceptors (Lipinski definition) is 2. The van der Waals surface area contributed by atoms with E-state index in [1.54, 1.807) is 7.11 Å². The lowest BCUT2D eigenvalue weighted by atomic mass is 10.1. The van der Waals surface area contributed by atoms with Crippen molar-refractivity contribution in [2.45, 2.75) is 6.42 Å². The quantitative estimate of drug-likeness (QED) is 0.748. The molecule has 0 saturated heterocycles. The standard InChI is InChI=1S/C13H17NO/c1-14-10-3-4-12-5-7-13(8-6-12)9-11-15-2/h5-8,14H,9-11H2,1-2H3. The van der Waals surface area contributed by atoms with Crippen molar-refractivity contribution in [3.05, 3.63) is 35.4 Å². The maximum absolute atomic E-state index is 5.02. The van der Waals surface area contributed by atoms with Crippen LogP contribution in [0.4, 0.5) is 0 Å². The van der Waals surface area contributed by atoms with Gasteiger partial charge in [0.15, 0.2) is 0 Å². The number of nitrogens with one attached hydrogen (secondary N) is 1. The van der Waals surface area contributed by atoms with E-state index in [0.717, 1.165) is 25.1 Å². The highest BCUT2D eigenvalue weighted by atomic mass is 16.5. The van der Waals surface area contributed by atoms with Crippen LogP contribution in [-0.2, 0) is 11.2 Å². The number of hydrogen-bond donors (Lipinski definition) is 1. The van der Waals surface area contributed by atoms with Crippen LogP contribution in [0.2, 0.25) is 0 Å². The highest BCUT2D eigenvalue weighted by Crippen LogP contribution is 2.03. The molecule has 0 aromatic heterocycles. The van der Waals surface area contributed by atoms with E-state index in [9.17, 15) is 0 Å². The lowest BCUT2D eigenvalue weighted by molar-refractivity contribution is 0.202. The smallest absolute Gasteiger partial charge is 0.0577 e. The van der Waals surface area contributed by atoms with E-state index in [4.69, 9.17) is 4.74 Å². The molecule has 1 N–H and O–H groups in total. The maximum atomic E-state index is 5.02. The number of rotatable bonds is 4. The van der Waals surface area contributed by atoms with Crippen LogP contribution in [0.5, 0.6) is 0 Å². The molecule has 1 aromatic rings. The predicted octanol–water partition coefficient (Wildman–Crippen LogP) is 1.45. The first-order valence-electron chi connectivity index (χ1n) is 5.08. The molecule has 0 fully saturated rings. The normalized spacial score (nSPS) is 9.47. The van der Waals surface area contributed by atoms with Gasteiger partial charge in [0.25, 0.3) is 0 Å². The highest BCUT2D eigenvalue weighted by Gasteiger charge is 1.92. The Hall–Kier alpha value is -1.30. The fourth-order valence-electron chi connectivity index (χ4n) is 1.21. The van der Waals surface area contributed by atoms with Crippen LogP contribution in [0.15, 0.2) is 24.3 Å². The van der Waals surface area contributed by atoms with E-state index in [1.165, 1.54) is 5.56 Å². The minimum atomic E-state index is 0.728. The van der Waals surface area contributed by atoms with Crippen LogP contribution in [0.3, 0.4) is 0 Å². The van der Waals surface area contributed by atoms with Crippen molar-refractivity contribution < 1.29 is 4.74 Å². The average molecular weight is 203 g/mol. The molecular weight excluding hydrogens is 186 g/mol. The summed E-state index contributed by atoms with van der Waals surface area (Å²) in [5.41, 5.74) is 2.35. The summed E-state index contributed by atoms with van der Waals surface area (Å²) in [5, 5.41) is 2.99. The van der Waals surface area contributed by atoms with E-state index in [-0.39, 0.29) is 0 Å². The molecule has 0 spiro atoms. The third-order valence-corrected chi connectivity index (χ3v) is 2.05. The molecule has 1 rings (SSSR count). The zero-order valence-electron chi connectivity index (χ0n) is 9.34. The van der Waals surface area contributed by atoms with Gasteiger partial charge in [0.1, 0.15) is 0 Å². The van der Waals surface area contributed by atoms with Gasteiger partial charge in [-0.3, -0.25) is 0 Å². The van der Waals surface area contributed by atoms with Gasteiger partial charge in [-0.1, -0.05) is 24.0 Å². The Morgan fingerprint density at radius 1 is 1.27 bits per heavy atom. The molecule has 2 nitrogen and oxygen atoms in total. The van der Waals surface area contributed by atoms with Gasteiger partial charge in [0.05, 0.1) is 13.2 Å². The summed E-state index contributed by atoms with van der Waals surface area (Å²) in [5.74, 6) is 6.11. The first-order valence-corrected chi connectivity index (χ1v) is 5.08. The fourth-order valence-corrected chi connectivity index (χ4v) is 1.21. The molecule has 1 aromatic carbocycles. The summed E-state index contributed by atoms with van der Waals surface area (Å²) in [6.45, 7) is 1.50. The van der Waals surface area contributed by atoms with Crippen molar-refractivity contribution in [1.82, 2.24) is 5.32 Å². The Balaban J connectivity index is 2.53. The fraction of sp³-hybridized carbons (Fsp3) is 0.385. The largest absolute Gasteiger partial charge is 0.384 e. The van der Waals surface area contributed by atoms with E-state index >= 15 is 0 Å². The van der Waals surface area contributed by atoms with Crippen LogP contribution in [0, 0.1) is 11.8 Å². The Kier molecular flexibility index (Phi) is 5.54. The maximum Gasteiger partial charge on any atom is 0.0577 e. The summed E-state index contributed by atoms with van der Waals surface area (Å²) in [4.78, 5) is 0. The Morgan fingerprint density at radius 2 is 2.00 bits per heavy atom. The second-order valence-corrected chi connectivity index (χ2v) is 3.27. The van der Waals surface area contributed by atoms with Crippen LogP contribution >= 0.6 is 0 Å². The molecule has 0 aliphatic rings. The summed E-state index contributed by atoms with van der Waals surface area (Å²) in [6.07, 6.45) is 0.959. The summed E-state index contributed by atoms with van der Waals surface area (Å²) in [7, 11) is 3.61. The molecule has 15 heavy (non-hydrogen) atoms. The van der Waals surface area contributed by atoms with Crippen LogP contribution in [0.25, 0.3) is 0 Å². The van der Waals surface area contributed by atoms with Crippen molar-refractivity contribution >= 4 is 0 Å². The molecule has 0 aliphatic heterocycles. The third-order valence-electron chi connectivity index (χ3n) is 2.05. The van der Waals surface area contributed by atoms with Gasteiger partial charge in [0.2, 0.25) is 0 Å². The number of methoxy groups -OCH3 is 1. The van der Waals surface area contributed by atoms with Crippen LogP contribution in [0.1, 0.15) is 11.1 Å². The topological polar surface area (TPSA) is 21.3 Å². The Bertz CT molecular complexity index is 332. The molecule has 0 amide bonds. The highest BCUT2D eigenvalue weighted by molar-refractivity contribution is 5.36. The van der Waals surface area contributed by atoms with Crippen molar-refractivity contribution in [1.29, 1.82) is 0 Å². The summed E-state index contributed by atoms with van der Waals surface area (Å²) in [6, 6.07) is 8.30. The molecule has 0 heterocycles. The lowest BCUT2D eigenvalue weighted by Gasteiger charge is -1.99. The van der Waals surface area contributed by atoms with Crippen LogP contribution < -0.4 is 5.32 Å². The monoisotopic (exact) mass is 203 g/mol. The zero-order valence-corrected chi connectivity index (χ0v) is 9.34. The lowest BCUT2D eigenvalue weighted by Crippen LogP contribution is -2.04. The summed E-state index contributed by atoms with van der Waals surface area (Å²) >= 11 is 0. The van der Waals surface area contributed by atoms with E-state index in [1.807, 2.05) is 19.2 Å². The summed E-state index contributed by atoms with van der Waals surface area (Å²) < 4.78 is 5.02. The van der Waals surface area contributed by atoms with Crippen LogP contribution in [-0.4, -0.2) is 27.3 Å². The minimum Gasteiger partial charge on any atom is -0.384 e. The van der Waals surface area contributed by atoms with Gasteiger partial charge in [0, 0.05) is 12.7 Å². The van der Waals surface area contributed by atoms with E-state index in [0.29, 0.717) is 0 Å². The predicted molar refractivity (Wildman–Crippen MR) is 62.8 cm³/mol. The molecule has 0 aliphatic carbocycles. The van der Waals surface area contributed by atoms with Gasteiger partial charge in [-0.2, -0.15) is 0 Å². The molecule has 0 radical (unpaired) electrons. The Morgan fingerprint density at radius 3 is 2.60 bits per heavy atom. The Labute approximate surface area is 91.6 Å². The van der Waals surface area contributed by atoms with Gasteiger partial charge >= 0.3 is 0 Å². The van der Waals surface area contributed by atoms with Gasteiger partial charge in [-0.15, -0.1) is 0 Å². The van der Waals surface area contributed by atoms with Gasteiger partial charge in [-0.25, -0.2) is 0 Å². The van der Waals surface area contributed by atoms with Gasteiger partial charge in [-0.05, 0) is 31.2 Å². The molecular formula is C13H17NO.